The highest BCUT2D eigenvalue weighted by Crippen LogP contribution is 2.27. The molecule has 138 valence electrons. The summed E-state index contributed by atoms with van der Waals surface area (Å²) in [5.74, 6) is -0.541. The van der Waals surface area contributed by atoms with Crippen LogP contribution in [0.4, 0.5) is 10.2 Å². The SMILES string of the molecule is O=[N+]([O-])c1cn2c(n1)OC[C@@H](OCc1ccccc1-c1cccc(F)c1)C2. The molecule has 0 saturated carbocycles. The zero-order valence-corrected chi connectivity index (χ0v) is 14.2. The average Bonchev–Trinajstić information content (AvgIpc) is 3.10. The zero-order valence-electron chi connectivity index (χ0n) is 14.2. The Morgan fingerprint density at radius 3 is 2.96 bits per heavy atom. The van der Waals surface area contributed by atoms with Crippen molar-refractivity contribution in [2.24, 2.45) is 0 Å². The molecule has 8 heteroatoms. The van der Waals surface area contributed by atoms with Crippen molar-refractivity contribution in [1.29, 1.82) is 0 Å². The number of fused-ring (bicyclic) bond motifs is 1. The van der Waals surface area contributed by atoms with E-state index in [2.05, 4.69) is 4.98 Å². The standard InChI is InChI=1S/C19H16FN3O4/c20-15-6-3-5-13(8-15)17-7-2-1-4-14(17)11-26-16-9-22-10-18(23(24)25)21-19(22)27-12-16/h1-8,10,16H,9,11-12H2/t16-/m0/s1. The molecule has 7 nitrogen and oxygen atoms in total. The molecule has 0 aliphatic carbocycles. The molecular weight excluding hydrogens is 353 g/mol. The van der Waals surface area contributed by atoms with E-state index < -0.39 is 4.92 Å². The van der Waals surface area contributed by atoms with Gasteiger partial charge in [-0.05, 0) is 33.7 Å². The van der Waals surface area contributed by atoms with Gasteiger partial charge in [0.25, 0.3) is 0 Å². The molecule has 0 saturated heterocycles. The lowest BCUT2D eigenvalue weighted by Gasteiger charge is -2.23. The van der Waals surface area contributed by atoms with Crippen LogP contribution < -0.4 is 4.74 Å². The molecule has 0 bridgehead atoms. The first kappa shape index (κ1) is 17.2. The number of hydrogen-bond acceptors (Lipinski definition) is 5. The third kappa shape index (κ3) is 3.65. The maximum Gasteiger partial charge on any atom is 0.414 e. The molecule has 0 fully saturated rings. The van der Waals surface area contributed by atoms with Gasteiger partial charge in [0.15, 0.2) is 0 Å². The summed E-state index contributed by atoms with van der Waals surface area (Å²) in [5.41, 5.74) is 2.60. The second kappa shape index (κ2) is 7.16. The number of imidazole rings is 1. The third-order valence-electron chi connectivity index (χ3n) is 4.34. The van der Waals surface area contributed by atoms with E-state index in [4.69, 9.17) is 9.47 Å². The van der Waals surface area contributed by atoms with Crippen molar-refractivity contribution in [1.82, 2.24) is 9.55 Å². The summed E-state index contributed by atoms with van der Waals surface area (Å²) in [5, 5.41) is 10.8. The first-order chi connectivity index (χ1) is 13.1. The zero-order chi connectivity index (χ0) is 18.8. The normalized spacial score (nSPS) is 15.8. The number of nitrogens with zero attached hydrogens (tertiary/aromatic N) is 3. The van der Waals surface area contributed by atoms with Crippen LogP contribution in [0.3, 0.4) is 0 Å². The molecule has 4 rings (SSSR count). The van der Waals surface area contributed by atoms with E-state index in [1.165, 1.54) is 18.3 Å². The quantitative estimate of drug-likeness (QED) is 0.507. The summed E-state index contributed by atoms with van der Waals surface area (Å²) in [6.07, 6.45) is 1.07. The lowest BCUT2D eigenvalue weighted by molar-refractivity contribution is -0.389. The lowest BCUT2D eigenvalue weighted by Crippen LogP contribution is -2.32. The predicted octanol–water partition coefficient (Wildman–Crippen LogP) is 3.58. The molecular formula is C19H16FN3O4. The van der Waals surface area contributed by atoms with Crippen LogP contribution in [-0.4, -0.2) is 27.2 Å². The Kier molecular flexibility index (Phi) is 4.55. The maximum atomic E-state index is 13.6. The van der Waals surface area contributed by atoms with Crippen LogP contribution in [0.2, 0.25) is 0 Å². The van der Waals surface area contributed by atoms with Gasteiger partial charge in [0.1, 0.15) is 24.7 Å². The molecule has 1 atom stereocenters. The molecule has 1 aliphatic heterocycles. The number of ether oxygens (including phenoxy) is 2. The van der Waals surface area contributed by atoms with Crippen molar-refractivity contribution in [3.63, 3.8) is 0 Å². The minimum absolute atomic E-state index is 0.224. The van der Waals surface area contributed by atoms with Crippen LogP contribution in [0.1, 0.15) is 5.56 Å². The van der Waals surface area contributed by atoms with Gasteiger partial charge in [0.05, 0.1) is 13.2 Å². The van der Waals surface area contributed by atoms with Gasteiger partial charge in [-0.3, -0.25) is 4.57 Å². The van der Waals surface area contributed by atoms with Gasteiger partial charge in [-0.1, -0.05) is 36.4 Å². The van der Waals surface area contributed by atoms with Crippen LogP contribution in [0, 0.1) is 15.9 Å². The molecule has 0 N–H and O–H groups in total. The highest BCUT2D eigenvalue weighted by Gasteiger charge is 2.28. The summed E-state index contributed by atoms with van der Waals surface area (Å²) in [6, 6.07) is 14.3. The number of rotatable bonds is 5. The Balaban J connectivity index is 1.47. The molecule has 1 aliphatic rings. The van der Waals surface area contributed by atoms with Crippen molar-refractivity contribution >= 4 is 5.82 Å². The van der Waals surface area contributed by atoms with Gasteiger partial charge in [-0.2, -0.15) is 0 Å². The van der Waals surface area contributed by atoms with E-state index in [9.17, 15) is 14.5 Å². The summed E-state index contributed by atoms with van der Waals surface area (Å²) in [7, 11) is 0. The van der Waals surface area contributed by atoms with E-state index in [0.717, 1.165) is 16.7 Å². The Labute approximate surface area is 154 Å². The van der Waals surface area contributed by atoms with Crippen molar-refractivity contribution < 1.29 is 18.8 Å². The number of nitro groups is 1. The molecule has 0 radical (unpaired) electrons. The van der Waals surface area contributed by atoms with Crippen molar-refractivity contribution in [3.8, 4) is 17.1 Å². The molecule has 1 aromatic heterocycles. The Hall–Kier alpha value is -3.26. The number of hydrogen-bond donors (Lipinski definition) is 0. The van der Waals surface area contributed by atoms with Crippen molar-refractivity contribution in [3.05, 3.63) is 76.2 Å². The summed E-state index contributed by atoms with van der Waals surface area (Å²) < 4.78 is 26.5. The van der Waals surface area contributed by atoms with Gasteiger partial charge < -0.3 is 19.6 Å². The smallest absolute Gasteiger partial charge is 0.414 e. The molecule has 2 aromatic carbocycles. The van der Waals surface area contributed by atoms with E-state index in [1.54, 1.807) is 10.6 Å². The van der Waals surface area contributed by atoms with Crippen LogP contribution in [0.25, 0.3) is 11.1 Å². The Morgan fingerprint density at radius 2 is 2.15 bits per heavy atom. The van der Waals surface area contributed by atoms with Crippen molar-refractivity contribution in [2.45, 2.75) is 19.3 Å². The second-order valence-electron chi connectivity index (χ2n) is 6.20. The lowest BCUT2D eigenvalue weighted by atomic mass is 10.00. The minimum atomic E-state index is -0.556. The third-order valence-corrected chi connectivity index (χ3v) is 4.34. The van der Waals surface area contributed by atoms with Crippen molar-refractivity contribution in [2.75, 3.05) is 6.61 Å². The Bertz CT molecular complexity index is 989. The number of aromatic nitrogens is 2. The fraction of sp³-hybridized carbons (Fsp3) is 0.211. The van der Waals surface area contributed by atoms with Gasteiger partial charge in [0.2, 0.25) is 0 Å². The van der Waals surface area contributed by atoms with Gasteiger partial charge >= 0.3 is 11.8 Å². The number of benzene rings is 2. The van der Waals surface area contributed by atoms with E-state index >= 15 is 0 Å². The van der Waals surface area contributed by atoms with Gasteiger partial charge in [0, 0.05) is 4.98 Å². The minimum Gasteiger partial charge on any atom is -0.443 e. The largest absolute Gasteiger partial charge is 0.443 e. The Morgan fingerprint density at radius 1 is 1.30 bits per heavy atom. The average molecular weight is 369 g/mol. The highest BCUT2D eigenvalue weighted by molar-refractivity contribution is 5.67. The predicted molar refractivity (Wildman–Crippen MR) is 94.8 cm³/mol. The first-order valence-electron chi connectivity index (χ1n) is 8.40. The van der Waals surface area contributed by atoms with Crippen LogP contribution >= 0.6 is 0 Å². The molecule has 3 aromatic rings. The number of halogens is 1. The van der Waals surface area contributed by atoms with Gasteiger partial charge in [-0.25, -0.2) is 4.39 Å². The molecule has 0 amide bonds. The molecule has 2 heterocycles. The summed E-state index contributed by atoms with van der Waals surface area (Å²) in [6.45, 7) is 0.988. The van der Waals surface area contributed by atoms with E-state index in [-0.39, 0.29) is 30.4 Å². The highest BCUT2D eigenvalue weighted by atomic mass is 19.1. The fourth-order valence-corrected chi connectivity index (χ4v) is 3.05. The maximum absolute atomic E-state index is 13.6. The summed E-state index contributed by atoms with van der Waals surface area (Å²) >= 11 is 0. The topological polar surface area (TPSA) is 79.4 Å². The fourth-order valence-electron chi connectivity index (χ4n) is 3.05. The molecule has 0 spiro atoms. The monoisotopic (exact) mass is 369 g/mol. The second-order valence-corrected chi connectivity index (χ2v) is 6.20. The molecule has 27 heavy (non-hydrogen) atoms. The molecule has 0 unspecified atom stereocenters. The summed E-state index contributed by atoms with van der Waals surface area (Å²) in [4.78, 5) is 14.1. The van der Waals surface area contributed by atoms with Gasteiger partial charge in [-0.15, -0.1) is 0 Å². The van der Waals surface area contributed by atoms with Crippen LogP contribution in [-0.2, 0) is 17.9 Å². The van der Waals surface area contributed by atoms with Crippen LogP contribution in [0.15, 0.2) is 54.7 Å². The first-order valence-corrected chi connectivity index (χ1v) is 8.40. The van der Waals surface area contributed by atoms with Crippen LogP contribution in [0.5, 0.6) is 6.01 Å². The van der Waals surface area contributed by atoms with E-state index in [1.807, 2.05) is 30.3 Å². The van der Waals surface area contributed by atoms with E-state index in [0.29, 0.717) is 13.2 Å².